The smallest absolute Gasteiger partial charge is 0.264 e. The molecule has 154 valence electrons. The van der Waals surface area contributed by atoms with Crippen molar-refractivity contribution in [3.8, 4) is 0 Å². The van der Waals surface area contributed by atoms with Crippen molar-refractivity contribution in [3.05, 3.63) is 72.6 Å². The van der Waals surface area contributed by atoms with Gasteiger partial charge in [0.2, 0.25) is 5.78 Å². The van der Waals surface area contributed by atoms with E-state index < -0.39 is 10.1 Å². The van der Waals surface area contributed by atoms with Gasteiger partial charge in [0.25, 0.3) is 10.1 Å². The molecule has 1 aromatic carbocycles. The summed E-state index contributed by atoms with van der Waals surface area (Å²) in [5, 5.41) is 0. The standard InChI is InChI=1S/C21H21I2NO4S/c1-21(2)15-6-3-4-7-18(15)24(10-5-11-29(26,27)28)19(21)9-8-14-12-16(22)20(25)17(23)13-14/h3-4,6-9,12-13H,5,10-11H2,1-2H3,(H,26,27,28)/b19-9+. The van der Waals surface area contributed by atoms with Crippen LogP contribution in [-0.4, -0.2) is 31.1 Å². The van der Waals surface area contributed by atoms with Crippen LogP contribution in [0.5, 0.6) is 0 Å². The molecular formula is C21H21I2NO4S. The van der Waals surface area contributed by atoms with Gasteiger partial charge in [-0.1, -0.05) is 38.1 Å². The number of allylic oxidation sites excluding steroid dienone is 8. The molecule has 0 aromatic heterocycles. The van der Waals surface area contributed by atoms with E-state index in [0.29, 0.717) is 20.1 Å². The molecule has 1 aliphatic carbocycles. The third-order valence-electron chi connectivity index (χ3n) is 5.04. The molecule has 0 unspecified atom stereocenters. The van der Waals surface area contributed by atoms with Crippen LogP contribution in [-0.2, 0) is 20.3 Å². The molecule has 1 heterocycles. The maximum atomic E-state index is 12.0. The average Bonchev–Trinajstić information content (AvgIpc) is 2.84. The van der Waals surface area contributed by atoms with Gasteiger partial charge in [0.05, 0.1) is 12.9 Å². The van der Waals surface area contributed by atoms with Gasteiger partial charge in [-0.25, -0.2) is 0 Å². The molecule has 2 aliphatic rings. The number of anilines is 1. The van der Waals surface area contributed by atoms with E-state index in [-0.39, 0.29) is 17.0 Å². The molecule has 0 saturated carbocycles. The molecule has 0 amide bonds. The zero-order chi connectivity index (χ0) is 21.4. The van der Waals surface area contributed by atoms with Crippen LogP contribution in [0, 0.1) is 0 Å². The molecule has 0 spiro atoms. The number of rotatable bonds is 5. The summed E-state index contributed by atoms with van der Waals surface area (Å²) in [5.41, 5.74) is 3.95. The minimum absolute atomic E-state index is 0.0384. The molecule has 0 bridgehead atoms. The first-order chi connectivity index (χ1) is 13.5. The number of benzene rings is 1. The normalized spacial score (nSPS) is 19.9. The van der Waals surface area contributed by atoms with Crippen molar-refractivity contribution in [2.24, 2.45) is 0 Å². The van der Waals surface area contributed by atoms with E-state index in [1.165, 1.54) is 5.56 Å². The number of para-hydroxylation sites is 1. The van der Waals surface area contributed by atoms with Gasteiger partial charge in [-0.05, 0) is 87.0 Å². The Bertz CT molecular complexity index is 1060. The molecule has 1 N–H and O–H groups in total. The van der Waals surface area contributed by atoms with E-state index in [4.69, 9.17) is 4.55 Å². The Labute approximate surface area is 198 Å². The van der Waals surface area contributed by atoms with Crippen LogP contribution in [0.3, 0.4) is 0 Å². The Morgan fingerprint density at radius 3 is 2.34 bits per heavy atom. The third kappa shape index (κ3) is 5.02. The lowest BCUT2D eigenvalue weighted by Gasteiger charge is -2.27. The lowest BCUT2D eigenvalue weighted by molar-refractivity contribution is -0.110. The van der Waals surface area contributed by atoms with E-state index in [1.54, 1.807) is 0 Å². The molecule has 0 radical (unpaired) electrons. The maximum absolute atomic E-state index is 12.0. The lowest BCUT2D eigenvalue weighted by Crippen LogP contribution is -2.28. The van der Waals surface area contributed by atoms with Gasteiger partial charge in [-0.2, -0.15) is 8.42 Å². The number of nitrogens with zero attached hydrogens (tertiary/aromatic N) is 1. The predicted molar refractivity (Wildman–Crippen MR) is 133 cm³/mol. The Kier molecular flexibility index (Phi) is 6.76. The highest BCUT2D eigenvalue weighted by molar-refractivity contribution is 14.1. The predicted octanol–water partition coefficient (Wildman–Crippen LogP) is 5.09. The van der Waals surface area contributed by atoms with Gasteiger partial charge in [0, 0.05) is 23.3 Å². The van der Waals surface area contributed by atoms with Crippen molar-refractivity contribution in [1.29, 1.82) is 0 Å². The number of fused-ring (bicyclic) bond motifs is 1. The molecule has 29 heavy (non-hydrogen) atoms. The van der Waals surface area contributed by atoms with E-state index in [0.717, 1.165) is 17.0 Å². The fourth-order valence-electron chi connectivity index (χ4n) is 3.64. The summed E-state index contributed by atoms with van der Waals surface area (Å²) in [6.45, 7) is 4.76. The van der Waals surface area contributed by atoms with Gasteiger partial charge in [-0.3, -0.25) is 9.35 Å². The van der Waals surface area contributed by atoms with Crippen molar-refractivity contribution >= 4 is 66.8 Å². The number of carbonyl (C=O) groups excluding carboxylic acids is 1. The Hall–Kier alpha value is -0.980. The molecule has 0 atom stereocenters. The summed E-state index contributed by atoms with van der Waals surface area (Å²) in [6.07, 6.45) is 8.07. The van der Waals surface area contributed by atoms with Crippen LogP contribution in [0.1, 0.15) is 25.8 Å². The number of ketones is 1. The first-order valence-electron chi connectivity index (χ1n) is 9.04. The molecule has 1 aromatic rings. The lowest BCUT2D eigenvalue weighted by atomic mass is 9.83. The SMILES string of the molecule is CC1(C)/C(=C\C=C2C=C(I)C(=O)C(I)=C2)N(CCCS(=O)(=O)O)c2ccccc21. The highest BCUT2D eigenvalue weighted by Crippen LogP contribution is 2.47. The highest BCUT2D eigenvalue weighted by atomic mass is 127. The van der Waals surface area contributed by atoms with Gasteiger partial charge >= 0.3 is 0 Å². The van der Waals surface area contributed by atoms with Crippen molar-refractivity contribution in [2.45, 2.75) is 25.7 Å². The second kappa shape index (κ2) is 8.64. The molecule has 3 rings (SSSR count). The van der Waals surface area contributed by atoms with Crippen LogP contribution >= 0.6 is 45.2 Å². The van der Waals surface area contributed by atoms with Crippen molar-refractivity contribution < 1.29 is 17.8 Å². The van der Waals surface area contributed by atoms with Gasteiger partial charge in [-0.15, -0.1) is 0 Å². The largest absolute Gasteiger partial charge is 0.344 e. The monoisotopic (exact) mass is 637 g/mol. The molecule has 5 nitrogen and oxygen atoms in total. The second-order valence-corrected chi connectivity index (χ2v) is 11.4. The van der Waals surface area contributed by atoms with E-state index in [2.05, 4.69) is 70.0 Å². The first-order valence-corrected chi connectivity index (χ1v) is 12.8. The quantitative estimate of drug-likeness (QED) is 0.360. The minimum atomic E-state index is -3.99. The van der Waals surface area contributed by atoms with E-state index >= 15 is 0 Å². The Morgan fingerprint density at radius 2 is 1.72 bits per heavy atom. The van der Waals surface area contributed by atoms with Crippen LogP contribution in [0.2, 0.25) is 0 Å². The number of hydrogen-bond donors (Lipinski definition) is 1. The van der Waals surface area contributed by atoms with Crippen molar-refractivity contribution in [3.63, 3.8) is 0 Å². The van der Waals surface area contributed by atoms with Crippen LogP contribution in [0.4, 0.5) is 5.69 Å². The van der Waals surface area contributed by atoms with Gasteiger partial charge < -0.3 is 4.90 Å². The van der Waals surface area contributed by atoms with Crippen molar-refractivity contribution in [2.75, 3.05) is 17.2 Å². The second-order valence-electron chi connectivity index (χ2n) is 7.47. The first kappa shape index (κ1) is 22.7. The summed E-state index contributed by atoms with van der Waals surface area (Å²) in [4.78, 5) is 14.1. The summed E-state index contributed by atoms with van der Waals surface area (Å²) >= 11 is 4.10. The van der Waals surface area contributed by atoms with Crippen molar-refractivity contribution in [1.82, 2.24) is 0 Å². The van der Waals surface area contributed by atoms with Crippen LogP contribution in [0.15, 0.2) is 67.0 Å². The van der Waals surface area contributed by atoms with E-state index in [1.807, 2.05) is 42.5 Å². The highest BCUT2D eigenvalue weighted by Gasteiger charge is 2.39. The van der Waals surface area contributed by atoms with Crippen LogP contribution < -0.4 is 4.90 Å². The summed E-state index contributed by atoms with van der Waals surface area (Å²) in [6, 6.07) is 8.09. The molecule has 0 fully saturated rings. The number of carbonyl (C=O) groups is 1. The number of halogens is 2. The third-order valence-corrected chi connectivity index (χ3v) is 7.44. The molecular weight excluding hydrogens is 616 g/mol. The molecule has 0 saturated heterocycles. The summed E-state index contributed by atoms with van der Waals surface area (Å²) in [7, 11) is -3.99. The minimum Gasteiger partial charge on any atom is -0.344 e. The topological polar surface area (TPSA) is 74.7 Å². The zero-order valence-electron chi connectivity index (χ0n) is 16.0. The Morgan fingerprint density at radius 1 is 1.10 bits per heavy atom. The van der Waals surface area contributed by atoms with Crippen LogP contribution in [0.25, 0.3) is 0 Å². The fraction of sp³-hybridized carbons (Fsp3) is 0.286. The summed E-state index contributed by atoms with van der Waals surface area (Å²) in [5.74, 6) is -0.235. The van der Waals surface area contributed by atoms with E-state index in [9.17, 15) is 13.2 Å². The maximum Gasteiger partial charge on any atom is 0.264 e. The number of Topliss-reactive ketones (excluding diaryl/α,β-unsaturated/α-hetero) is 1. The molecule has 8 heteroatoms. The van der Waals surface area contributed by atoms with Gasteiger partial charge in [0.15, 0.2) is 0 Å². The Balaban J connectivity index is 1.99. The number of hydrogen-bond acceptors (Lipinski definition) is 4. The zero-order valence-corrected chi connectivity index (χ0v) is 21.2. The fourth-order valence-corrected chi connectivity index (χ4v) is 5.95. The average molecular weight is 637 g/mol. The molecule has 1 aliphatic heterocycles. The van der Waals surface area contributed by atoms with Gasteiger partial charge in [0.1, 0.15) is 0 Å². The summed E-state index contributed by atoms with van der Waals surface area (Å²) < 4.78 is 32.7.